The molecule has 3 heteroatoms. The number of methoxy groups -OCH3 is 2. The third-order valence-electron chi connectivity index (χ3n) is 3.00. The van der Waals surface area contributed by atoms with Crippen molar-refractivity contribution < 1.29 is 14.6 Å². The topological polar surface area (TPSA) is 38.7 Å². The fourth-order valence-electron chi connectivity index (χ4n) is 1.85. The molecule has 0 bridgehead atoms. The van der Waals surface area contributed by atoms with Crippen LogP contribution in [0.3, 0.4) is 0 Å². The van der Waals surface area contributed by atoms with Gasteiger partial charge in [-0.3, -0.25) is 0 Å². The fraction of sp³-hybridized carbons (Fsp3) is 0.600. The lowest BCUT2D eigenvalue weighted by atomic mass is 9.83. The van der Waals surface area contributed by atoms with E-state index in [1.807, 2.05) is 12.1 Å². The third-order valence-corrected chi connectivity index (χ3v) is 3.00. The Bertz CT molecular complexity index is 423. The molecular formula is C15H24O3. The van der Waals surface area contributed by atoms with Crippen molar-refractivity contribution in [3.63, 3.8) is 0 Å². The Morgan fingerprint density at radius 2 is 1.50 bits per heavy atom. The minimum Gasteiger partial charge on any atom is -0.493 e. The molecule has 0 fully saturated rings. The van der Waals surface area contributed by atoms with Crippen molar-refractivity contribution in [3.05, 3.63) is 23.3 Å². The van der Waals surface area contributed by atoms with Gasteiger partial charge in [0.2, 0.25) is 0 Å². The molecule has 3 nitrogen and oxygen atoms in total. The van der Waals surface area contributed by atoms with Gasteiger partial charge in [0.25, 0.3) is 0 Å². The van der Waals surface area contributed by atoms with E-state index in [1.54, 1.807) is 28.1 Å². The molecule has 0 atom stereocenters. The SMILES string of the molecule is COc1cc(C(C)(C)C)cc(C(C)(C)O)c1OC. The van der Waals surface area contributed by atoms with Crippen molar-refractivity contribution in [3.8, 4) is 11.5 Å². The molecule has 0 aromatic heterocycles. The molecule has 0 amide bonds. The number of aliphatic hydroxyl groups is 1. The predicted octanol–water partition coefficient (Wildman–Crippen LogP) is 3.23. The highest BCUT2D eigenvalue weighted by atomic mass is 16.5. The molecule has 0 saturated heterocycles. The third kappa shape index (κ3) is 2.96. The molecule has 102 valence electrons. The van der Waals surface area contributed by atoms with E-state index >= 15 is 0 Å². The van der Waals surface area contributed by atoms with E-state index in [2.05, 4.69) is 20.8 Å². The van der Waals surface area contributed by atoms with Gasteiger partial charge in [-0.1, -0.05) is 20.8 Å². The van der Waals surface area contributed by atoms with Crippen LogP contribution in [0.5, 0.6) is 11.5 Å². The fourth-order valence-corrected chi connectivity index (χ4v) is 1.85. The molecule has 0 unspecified atom stereocenters. The average Bonchev–Trinajstić information content (AvgIpc) is 2.24. The van der Waals surface area contributed by atoms with Crippen LogP contribution in [0.1, 0.15) is 45.7 Å². The Morgan fingerprint density at radius 3 is 1.83 bits per heavy atom. The van der Waals surface area contributed by atoms with Crippen molar-refractivity contribution in [2.45, 2.75) is 45.6 Å². The molecule has 18 heavy (non-hydrogen) atoms. The van der Waals surface area contributed by atoms with Gasteiger partial charge in [0, 0.05) is 5.56 Å². The van der Waals surface area contributed by atoms with Gasteiger partial charge < -0.3 is 14.6 Å². The maximum Gasteiger partial charge on any atom is 0.166 e. The Balaban J connectivity index is 3.57. The predicted molar refractivity (Wildman–Crippen MR) is 73.5 cm³/mol. The second-order valence-electron chi connectivity index (χ2n) is 6.07. The van der Waals surface area contributed by atoms with Gasteiger partial charge >= 0.3 is 0 Å². The normalized spacial score (nSPS) is 12.4. The summed E-state index contributed by atoms with van der Waals surface area (Å²) in [4.78, 5) is 0. The van der Waals surface area contributed by atoms with Gasteiger partial charge in [0.15, 0.2) is 11.5 Å². The van der Waals surface area contributed by atoms with E-state index in [0.717, 1.165) is 11.1 Å². The molecule has 0 heterocycles. The monoisotopic (exact) mass is 252 g/mol. The number of ether oxygens (including phenoxy) is 2. The maximum absolute atomic E-state index is 10.3. The Morgan fingerprint density at radius 1 is 0.944 bits per heavy atom. The standard InChI is InChI=1S/C15H24O3/c1-14(2,3)10-8-11(15(4,5)16)13(18-7)12(9-10)17-6/h8-9,16H,1-7H3. The Kier molecular flexibility index (Phi) is 3.96. The van der Waals surface area contributed by atoms with Crippen LogP contribution in [0.15, 0.2) is 12.1 Å². The van der Waals surface area contributed by atoms with Crippen molar-refractivity contribution in [2.75, 3.05) is 14.2 Å². The first kappa shape index (κ1) is 14.8. The van der Waals surface area contributed by atoms with E-state index in [9.17, 15) is 5.11 Å². The van der Waals surface area contributed by atoms with Gasteiger partial charge in [-0.05, 0) is 37.0 Å². The molecular weight excluding hydrogens is 228 g/mol. The van der Waals surface area contributed by atoms with Crippen molar-refractivity contribution in [1.82, 2.24) is 0 Å². The van der Waals surface area contributed by atoms with Gasteiger partial charge in [-0.2, -0.15) is 0 Å². The average molecular weight is 252 g/mol. The van der Waals surface area contributed by atoms with Crippen LogP contribution in [0, 0.1) is 0 Å². The van der Waals surface area contributed by atoms with E-state index in [-0.39, 0.29) is 5.41 Å². The summed E-state index contributed by atoms with van der Waals surface area (Å²) in [5.74, 6) is 1.25. The summed E-state index contributed by atoms with van der Waals surface area (Å²) in [6.45, 7) is 9.88. The van der Waals surface area contributed by atoms with Crippen LogP contribution in [0.25, 0.3) is 0 Å². The quantitative estimate of drug-likeness (QED) is 0.897. The van der Waals surface area contributed by atoms with Crippen LogP contribution in [-0.2, 0) is 11.0 Å². The number of hydrogen-bond donors (Lipinski definition) is 1. The summed E-state index contributed by atoms with van der Waals surface area (Å²) in [7, 11) is 3.20. The molecule has 0 radical (unpaired) electrons. The van der Waals surface area contributed by atoms with Gasteiger partial charge in [-0.15, -0.1) is 0 Å². The van der Waals surface area contributed by atoms with Gasteiger partial charge in [-0.25, -0.2) is 0 Å². The zero-order valence-corrected chi connectivity index (χ0v) is 12.4. The summed E-state index contributed by atoms with van der Waals surface area (Å²) in [5, 5.41) is 10.3. The maximum atomic E-state index is 10.3. The minimum absolute atomic E-state index is 0.0143. The second-order valence-corrected chi connectivity index (χ2v) is 6.07. The van der Waals surface area contributed by atoms with E-state index < -0.39 is 5.60 Å². The molecule has 0 spiro atoms. The second kappa shape index (κ2) is 4.81. The van der Waals surface area contributed by atoms with Gasteiger partial charge in [0.05, 0.1) is 19.8 Å². The smallest absolute Gasteiger partial charge is 0.166 e. The molecule has 1 rings (SSSR count). The first-order chi connectivity index (χ1) is 8.11. The molecule has 0 aliphatic rings. The van der Waals surface area contributed by atoms with Crippen LogP contribution < -0.4 is 9.47 Å². The summed E-state index contributed by atoms with van der Waals surface area (Å²) >= 11 is 0. The highest BCUT2D eigenvalue weighted by molar-refractivity contribution is 5.53. The van der Waals surface area contributed by atoms with E-state index in [4.69, 9.17) is 9.47 Å². The first-order valence-electron chi connectivity index (χ1n) is 6.10. The summed E-state index contributed by atoms with van der Waals surface area (Å²) in [6.07, 6.45) is 0. The number of hydrogen-bond acceptors (Lipinski definition) is 3. The Hall–Kier alpha value is -1.22. The summed E-state index contributed by atoms with van der Waals surface area (Å²) in [5.41, 5.74) is 0.867. The molecule has 1 aromatic carbocycles. The molecule has 0 aliphatic heterocycles. The highest BCUT2D eigenvalue weighted by Gasteiger charge is 2.27. The summed E-state index contributed by atoms with van der Waals surface area (Å²) in [6, 6.07) is 3.95. The van der Waals surface area contributed by atoms with Crippen LogP contribution >= 0.6 is 0 Å². The molecule has 0 saturated carbocycles. The lowest BCUT2D eigenvalue weighted by Gasteiger charge is -2.27. The van der Waals surface area contributed by atoms with E-state index in [1.165, 1.54) is 0 Å². The van der Waals surface area contributed by atoms with E-state index in [0.29, 0.717) is 11.5 Å². The lowest BCUT2D eigenvalue weighted by Crippen LogP contribution is -2.20. The van der Waals surface area contributed by atoms with Crippen molar-refractivity contribution in [1.29, 1.82) is 0 Å². The van der Waals surface area contributed by atoms with Crippen LogP contribution in [0.4, 0.5) is 0 Å². The molecule has 1 aromatic rings. The van der Waals surface area contributed by atoms with Crippen molar-refractivity contribution in [2.24, 2.45) is 0 Å². The zero-order valence-electron chi connectivity index (χ0n) is 12.4. The van der Waals surface area contributed by atoms with Gasteiger partial charge in [0.1, 0.15) is 0 Å². The van der Waals surface area contributed by atoms with Crippen molar-refractivity contribution >= 4 is 0 Å². The molecule has 0 aliphatic carbocycles. The minimum atomic E-state index is -0.972. The molecule has 1 N–H and O–H groups in total. The zero-order chi connectivity index (χ0) is 14.1. The largest absolute Gasteiger partial charge is 0.493 e. The Labute approximate surface area is 110 Å². The lowest BCUT2D eigenvalue weighted by molar-refractivity contribution is 0.0749. The van der Waals surface area contributed by atoms with Crippen LogP contribution in [-0.4, -0.2) is 19.3 Å². The first-order valence-corrected chi connectivity index (χ1v) is 6.10. The highest BCUT2D eigenvalue weighted by Crippen LogP contribution is 2.41. The van der Waals surface area contributed by atoms with Crippen LogP contribution in [0.2, 0.25) is 0 Å². The number of rotatable bonds is 3. The number of benzene rings is 1. The summed E-state index contributed by atoms with van der Waals surface area (Å²) < 4.78 is 10.7.